The fourth-order valence-electron chi connectivity index (χ4n) is 2.92. The molecule has 4 nitrogen and oxygen atoms in total. The van der Waals surface area contributed by atoms with E-state index in [1.165, 1.54) is 12.5 Å². The highest BCUT2D eigenvalue weighted by Crippen LogP contribution is 2.32. The van der Waals surface area contributed by atoms with Gasteiger partial charge in [0.05, 0.1) is 23.0 Å². The van der Waals surface area contributed by atoms with Crippen LogP contribution in [-0.4, -0.2) is 24.0 Å². The van der Waals surface area contributed by atoms with Gasteiger partial charge in [0.15, 0.2) is 0 Å². The minimum absolute atomic E-state index is 0.0306. The molecule has 0 radical (unpaired) electrons. The lowest BCUT2D eigenvalue weighted by Gasteiger charge is -2.28. The normalized spacial score (nSPS) is 14.9. The molecule has 0 unspecified atom stereocenters. The van der Waals surface area contributed by atoms with Gasteiger partial charge in [-0.1, -0.05) is 0 Å². The molecular formula is C18H16F5N3O. The highest BCUT2D eigenvalue weighted by Gasteiger charge is 2.35. The van der Waals surface area contributed by atoms with Crippen LogP contribution in [-0.2, 0) is 6.18 Å². The highest BCUT2D eigenvalue weighted by molar-refractivity contribution is 6.04. The SMILES string of the molecule is O=C(Nc1ccc(N2CCCCC2)cn1)c1cc(F)c(C(F)(F)F)cc1F. The summed E-state index contributed by atoms with van der Waals surface area (Å²) >= 11 is 0. The number of aromatic nitrogens is 1. The number of nitrogens with one attached hydrogen (secondary N) is 1. The number of amides is 1. The molecule has 0 spiro atoms. The molecule has 1 aromatic heterocycles. The average Bonchev–Trinajstić information content (AvgIpc) is 2.63. The van der Waals surface area contributed by atoms with Crippen molar-refractivity contribution in [1.82, 2.24) is 4.98 Å². The van der Waals surface area contributed by atoms with Gasteiger partial charge in [-0.15, -0.1) is 0 Å². The molecule has 0 atom stereocenters. The molecule has 1 N–H and O–H groups in total. The smallest absolute Gasteiger partial charge is 0.370 e. The van der Waals surface area contributed by atoms with Crippen molar-refractivity contribution in [3.63, 3.8) is 0 Å². The Morgan fingerprint density at radius 3 is 2.33 bits per heavy atom. The fraction of sp³-hybridized carbons (Fsp3) is 0.333. The number of pyridine rings is 1. The number of anilines is 2. The molecule has 3 rings (SSSR count). The predicted molar refractivity (Wildman–Crippen MR) is 89.6 cm³/mol. The fourth-order valence-corrected chi connectivity index (χ4v) is 2.92. The minimum Gasteiger partial charge on any atom is -0.370 e. The van der Waals surface area contributed by atoms with E-state index in [0.717, 1.165) is 31.6 Å². The lowest BCUT2D eigenvalue weighted by Crippen LogP contribution is -2.29. The van der Waals surface area contributed by atoms with Gasteiger partial charge in [-0.2, -0.15) is 13.2 Å². The second-order valence-corrected chi connectivity index (χ2v) is 6.21. The first-order valence-corrected chi connectivity index (χ1v) is 8.34. The molecule has 0 saturated carbocycles. The third-order valence-corrected chi connectivity index (χ3v) is 4.32. The minimum atomic E-state index is -5.05. The molecule has 1 fully saturated rings. The van der Waals surface area contributed by atoms with Crippen molar-refractivity contribution in [2.24, 2.45) is 0 Å². The third kappa shape index (κ3) is 4.35. The third-order valence-electron chi connectivity index (χ3n) is 4.32. The molecule has 0 bridgehead atoms. The van der Waals surface area contributed by atoms with Gasteiger partial charge in [-0.05, 0) is 43.5 Å². The summed E-state index contributed by atoms with van der Waals surface area (Å²) in [4.78, 5) is 18.3. The van der Waals surface area contributed by atoms with Crippen molar-refractivity contribution in [1.29, 1.82) is 0 Å². The number of alkyl halides is 3. The lowest BCUT2D eigenvalue weighted by atomic mass is 10.1. The topological polar surface area (TPSA) is 45.2 Å². The summed E-state index contributed by atoms with van der Waals surface area (Å²) in [6.07, 6.45) is -0.168. The molecule has 1 aromatic carbocycles. The first-order chi connectivity index (χ1) is 12.8. The second-order valence-electron chi connectivity index (χ2n) is 6.21. The lowest BCUT2D eigenvalue weighted by molar-refractivity contribution is -0.140. The number of carbonyl (C=O) groups is 1. The maximum absolute atomic E-state index is 13.9. The Labute approximate surface area is 152 Å². The number of carbonyl (C=O) groups excluding carboxylic acids is 1. The van der Waals surface area contributed by atoms with Crippen molar-refractivity contribution in [3.8, 4) is 0 Å². The van der Waals surface area contributed by atoms with Crippen LogP contribution in [0.1, 0.15) is 35.2 Å². The van der Waals surface area contributed by atoms with Gasteiger partial charge in [-0.3, -0.25) is 4.79 Å². The van der Waals surface area contributed by atoms with E-state index < -0.39 is 34.8 Å². The van der Waals surface area contributed by atoms with Crippen LogP contribution in [0.4, 0.5) is 33.5 Å². The zero-order valence-corrected chi connectivity index (χ0v) is 14.1. The summed E-state index contributed by atoms with van der Waals surface area (Å²) in [5.74, 6) is -4.19. The van der Waals surface area contributed by atoms with Crippen LogP contribution in [0.2, 0.25) is 0 Å². The molecule has 2 aromatic rings. The Morgan fingerprint density at radius 1 is 1.04 bits per heavy atom. The Morgan fingerprint density at radius 2 is 1.74 bits per heavy atom. The average molecular weight is 385 g/mol. The Kier molecular flexibility index (Phi) is 5.29. The number of hydrogen-bond donors (Lipinski definition) is 1. The van der Waals surface area contributed by atoms with Crippen LogP contribution in [0.25, 0.3) is 0 Å². The molecule has 1 amide bonds. The molecule has 0 aliphatic carbocycles. The van der Waals surface area contributed by atoms with E-state index in [2.05, 4.69) is 15.2 Å². The van der Waals surface area contributed by atoms with Crippen LogP contribution in [0.3, 0.4) is 0 Å². The summed E-state index contributed by atoms with van der Waals surface area (Å²) in [5.41, 5.74) is -1.72. The van der Waals surface area contributed by atoms with E-state index in [0.29, 0.717) is 0 Å². The van der Waals surface area contributed by atoms with E-state index in [9.17, 15) is 26.7 Å². The Hall–Kier alpha value is -2.71. The van der Waals surface area contributed by atoms with Crippen LogP contribution in [0.15, 0.2) is 30.5 Å². The van der Waals surface area contributed by atoms with Crippen LogP contribution in [0, 0.1) is 11.6 Å². The number of hydrogen-bond acceptors (Lipinski definition) is 3. The van der Waals surface area contributed by atoms with Crippen molar-refractivity contribution in [2.45, 2.75) is 25.4 Å². The van der Waals surface area contributed by atoms with Gasteiger partial charge < -0.3 is 10.2 Å². The van der Waals surface area contributed by atoms with E-state index >= 15 is 0 Å². The number of rotatable bonds is 3. The van der Waals surface area contributed by atoms with Crippen LogP contribution >= 0.6 is 0 Å². The predicted octanol–water partition coefficient (Wildman–Crippen LogP) is 4.62. The largest absolute Gasteiger partial charge is 0.419 e. The molecule has 27 heavy (non-hydrogen) atoms. The summed E-state index contributed by atoms with van der Waals surface area (Å²) in [7, 11) is 0. The number of halogens is 5. The van der Waals surface area contributed by atoms with E-state index in [1.807, 2.05) is 0 Å². The molecule has 9 heteroatoms. The van der Waals surface area contributed by atoms with Crippen molar-refractivity contribution >= 4 is 17.4 Å². The molecular weight excluding hydrogens is 369 g/mol. The Balaban J connectivity index is 1.74. The van der Waals surface area contributed by atoms with Gasteiger partial charge in [0.25, 0.3) is 5.91 Å². The monoisotopic (exact) mass is 385 g/mol. The van der Waals surface area contributed by atoms with Crippen LogP contribution < -0.4 is 10.2 Å². The molecule has 1 saturated heterocycles. The van der Waals surface area contributed by atoms with Gasteiger partial charge in [0.1, 0.15) is 17.5 Å². The summed E-state index contributed by atoms with van der Waals surface area (Å²) in [6, 6.07) is 3.44. The zero-order valence-electron chi connectivity index (χ0n) is 14.1. The van der Waals surface area contributed by atoms with Crippen molar-refractivity contribution in [2.75, 3.05) is 23.3 Å². The summed E-state index contributed by atoms with van der Waals surface area (Å²) < 4.78 is 65.2. The maximum atomic E-state index is 13.9. The van der Waals surface area contributed by atoms with Gasteiger partial charge in [-0.25, -0.2) is 13.8 Å². The van der Waals surface area contributed by atoms with E-state index in [-0.39, 0.29) is 18.0 Å². The standard InChI is InChI=1S/C18H16F5N3O/c19-14-9-13(18(21,22)23)15(20)8-12(14)17(27)25-16-5-4-11(10-24-16)26-6-2-1-3-7-26/h4-5,8-10H,1-3,6-7H2,(H,24,25,27). The van der Waals surface area contributed by atoms with Gasteiger partial charge in [0, 0.05) is 13.1 Å². The number of nitrogens with zero attached hydrogens (tertiary/aromatic N) is 2. The Bertz CT molecular complexity index is 830. The summed E-state index contributed by atoms with van der Waals surface area (Å²) in [5, 5.41) is 2.26. The van der Waals surface area contributed by atoms with Gasteiger partial charge in [0.2, 0.25) is 0 Å². The molecule has 2 heterocycles. The number of benzene rings is 1. The van der Waals surface area contributed by atoms with Crippen LogP contribution in [0.5, 0.6) is 0 Å². The first kappa shape index (κ1) is 19.1. The van der Waals surface area contributed by atoms with Crippen molar-refractivity contribution < 1.29 is 26.7 Å². The zero-order chi connectivity index (χ0) is 19.6. The van der Waals surface area contributed by atoms with Crippen molar-refractivity contribution in [3.05, 3.63) is 53.2 Å². The van der Waals surface area contributed by atoms with Gasteiger partial charge >= 0.3 is 6.18 Å². The highest BCUT2D eigenvalue weighted by atomic mass is 19.4. The van der Waals surface area contributed by atoms with E-state index in [1.54, 1.807) is 12.3 Å². The molecule has 1 aliphatic heterocycles. The quantitative estimate of drug-likeness (QED) is 0.785. The first-order valence-electron chi connectivity index (χ1n) is 8.34. The summed E-state index contributed by atoms with van der Waals surface area (Å²) in [6.45, 7) is 1.81. The number of piperidine rings is 1. The molecule has 1 aliphatic rings. The molecule has 144 valence electrons. The maximum Gasteiger partial charge on any atom is 0.419 e. The second kappa shape index (κ2) is 7.50. The van der Waals surface area contributed by atoms with E-state index in [4.69, 9.17) is 0 Å².